The molecule has 1 aromatic carbocycles. The van der Waals surface area contributed by atoms with Crippen LogP contribution < -0.4 is 5.32 Å². The first-order valence-electron chi connectivity index (χ1n) is 9.06. The predicted molar refractivity (Wildman–Crippen MR) is 111 cm³/mol. The number of amides is 1. The topological polar surface area (TPSA) is 72.7 Å². The van der Waals surface area contributed by atoms with Gasteiger partial charge in [0.25, 0.3) is 5.91 Å². The van der Waals surface area contributed by atoms with Gasteiger partial charge in [-0.25, -0.2) is 9.07 Å². The quantitative estimate of drug-likeness (QED) is 0.479. The lowest BCUT2D eigenvalue weighted by Crippen LogP contribution is -2.28. The van der Waals surface area contributed by atoms with Crippen LogP contribution in [0.3, 0.4) is 0 Å². The molecule has 1 atom stereocenters. The summed E-state index contributed by atoms with van der Waals surface area (Å²) in [5.74, 6) is -0.565. The standard InChI is InChI=1S/C21H17BrFN5O/c1-2-19(13-7-14(22)9-24-8-13)27-21(29)18-10-25-12-20-17(18)11-26-28(20)16-5-3-15(23)4-6-16/h3-12,19H,2H2,1H3,(H,27,29)/t19-/m0/s1. The van der Waals surface area contributed by atoms with E-state index in [0.29, 0.717) is 28.6 Å². The van der Waals surface area contributed by atoms with Crippen LogP contribution in [-0.4, -0.2) is 25.7 Å². The lowest BCUT2D eigenvalue weighted by molar-refractivity contribution is 0.0937. The Labute approximate surface area is 174 Å². The zero-order chi connectivity index (χ0) is 20.4. The van der Waals surface area contributed by atoms with Crippen LogP contribution in [0.15, 0.2) is 65.8 Å². The molecule has 8 heteroatoms. The van der Waals surface area contributed by atoms with E-state index in [4.69, 9.17) is 0 Å². The molecule has 1 amide bonds. The normalized spacial score (nSPS) is 12.1. The Balaban J connectivity index is 1.67. The molecular formula is C21H17BrFN5O. The van der Waals surface area contributed by atoms with E-state index in [9.17, 15) is 9.18 Å². The van der Waals surface area contributed by atoms with Crippen molar-refractivity contribution in [3.8, 4) is 5.69 Å². The Morgan fingerprint density at radius 1 is 1.14 bits per heavy atom. The maximum atomic E-state index is 13.2. The predicted octanol–water partition coefficient (Wildman–Crippen LogP) is 4.60. The minimum atomic E-state index is -0.323. The van der Waals surface area contributed by atoms with Gasteiger partial charge in [0.15, 0.2) is 0 Å². The Kier molecular flexibility index (Phi) is 5.35. The monoisotopic (exact) mass is 453 g/mol. The molecule has 0 aliphatic carbocycles. The van der Waals surface area contributed by atoms with E-state index in [-0.39, 0.29) is 17.8 Å². The number of nitrogens with zero attached hydrogens (tertiary/aromatic N) is 4. The van der Waals surface area contributed by atoms with Crippen molar-refractivity contribution in [3.05, 3.63) is 82.7 Å². The van der Waals surface area contributed by atoms with Crippen molar-refractivity contribution in [2.45, 2.75) is 19.4 Å². The summed E-state index contributed by atoms with van der Waals surface area (Å²) >= 11 is 3.41. The molecular weight excluding hydrogens is 437 g/mol. The molecule has 29 heavy (non-hydrogen) atoms. The zero-order valence-corrected chi connectivity index (χ0v) is 17.1. The van der Waals surface area contributed by atoms with Crippen LogP contribution in [0.25, 0.3) is 16.6 Å². The molecule has 3 aromatic heterocycles. The van der Waals surface area contributed by atoms with Gasteiger partial charge in [-0.05, 0) is 58.2 Å². The van der Waals surface area contributed by atoms with Gasteiger partial charge in [-0.1, -0.05) is 6.92 Å². The van der Waals surface area contributed by atoms with Crippen molar-refractivity contribution in [3.63, 3.8) is 0 Å². The van der Waals surface area contributed by atoms with Crippen molar-refractivity contribution in [2.24, 2.45) is 0 Å². The minimum absolute atomic E-state index is 0.185. The molecule has 0 aliphatic rings. The average Bonchev–Trinajstić information content (AvgIpc) is 3.16. The molecule has 6 nitrogen and oxygen atoms in total. The molecule has 0 saturated heterocycles. The summed E-state index contributed by atoms with van der Waals surface area (Å²) in [7, 11) is 0. The average molecular weight is 454 g/mol. The van der Waals surface area contributed by atoms with E-state index in [1.165, 1.54) is 18.3 Å². The van der Waals surface area contributed by atoms with Gasteiger partial charge >= 0.3 is 0 Å². The second-order valence-electron chi connectivity index (χ2n) is 6.52. The van der Waals surface area contributed by atoms with Crippen molar-refractivity contribution in [1.29, 1.82) is 0 Å². The number of benzene rings is 1. The number of carbonyl (C=O) groups is 1. The Morgan fingerprint density at radius 3 is 2.62 bits per heavy atom. The van der Waals surface area contributed by atoms with Crippen LogP contribution in [0.1, 0.15) is 35.3 Å². The lowest BCUT2D eigenvalue weighted by Gasteiger charge is -2.17. The van der Waals surface area contributed by atoms with Gasteiger partial charge in [0.1, 0.15) is 5.82 Å². The fourth-order valence-electron chi connectivity index (χ4n) is 3.19. The van der Waals surface area contributed by atoms with Crippen molar-refractivity contribution in [2.75, 3.05) is 0 Å². The third kappa shape index (κ3) is 3.88. The van der Waals surface area contributed by atoms with Gasteiger partial charge in [0, 0.05) is 28.4 Å². The Morgan fingerprint density at radius 2 is 1.90 bits per heavy atom. The van der Waals surface area contributed by atoms with E-state index >= 15 is 0 Å². The van der Waals surface area contributed by atoms with Crippen molar-refractivity contribution >= 4 is 32.7 Å². The highest BCUT2D eigenvalue weighted by atomic mass is 79.9. The van der Waals surface area contributed by atoms with Gasteiger partial charge in [-0.3, -0.25) is 14.8 Å². The molecule has 146 valence electrons. The number of fused-ring (bicyclic) bond motifs is 1. The lowest BCUT2D eigenvalue weighted by atomic mass is 10.1. The van der Waals surface area contributed by atoms with E-state index in [0.717, 1.165) is 10.0 Å². The first kappa shape index (κ1) is 19.2. The number of rotatable bonds is 5. The number of halogens is 2. The molecule has 0 spiro atoms. The second kappa shape index (κ2) is 8.08. The van der Waals surface area contributed by atoms with Crippen LogP contribution in [0, 0.1) is 5.82 Å². The number of carbonyl (C=O) groups excluding carboxylic acids is 1. The summed E-state index contributed by atoms with van der Waals surface area (Å²) in [6, 6.07) is 7.74. The zero-order valence-electron chi connectivity index (χ0n) is 15.5. The van der Waals surface area contributed by atoms with Gasteiger partial charge < -0.3 is 5.32 Å². The van der Waals surface area contributed by atoms with Crippen LogP contribution in [-0.2, 0) is 0 Å². The number of hydrogen-bond donors (Lipinski definition) is 1. The van der Waals surface area contributed by atoms with E-state index in [2.05, 4.69) is 36.3 Å². The highest BCUT2D eigenvalue weighted by Gasteiger charge is 2.19. The molecule has 0 radical (unpaired) electrons. The van der Waals surface area contributed by atoms with Gasteiger partial charge in [-0.2, -0.15) is 5.10 Å². The van der Waals surface area contributed by atoms with Crippen LogP contribution in [0.4, 0.5) is 4.39 Å². The summed E-state index contributed by atoms with van der Waals surface area (Å²) in [6.07, 6.45) is 8.94. The fourth-order valence-corrected chi connectivity index (χ4v) is 3.57. The maximum absolute atomic E-state index is 13.2. The van der Waals surface area contributed by atoms with Crippen LogP contribution in [0.2, 0.25) is 0 Å². The van der Waals surface area contributed by atoms with Crippen LogP contribution >= 0.6 is 15.9 Å². The third-order valence-electron chi connectivity index (χ3n) is 4.65. The minimum Gasteiger partial charge on any atom is -0.345 e. The maximum Gasteiger partial charge on any atom is 0.254 e. The number of hydrogen-bond acceptors (Lipinski definition) is 4. The first-order valence-corrected chi connectivity index (χ1v) is 9.85. The van der Waals surface area contributed by atoms with Gasteiger partial charge in [0.2, 0.25) is 0 Å². The molecule has 0 saturated carbocycles. The number of nitrogens with one attached hydrogen (secondary N) is 1. The SMILES string of the molecule is CC[C@H](NC(=O)c1cncc2c1cnn2-c1ccc(F)cc1)c1cncc(Br)c1. The molecule has 0 fully saturated rings. The van der Waals surface area contributed by atoms with Crippen LogP contribution in [0.5, 0.6) is 0 Å². The Bertz CT molecular complexity index is 1180. The molecule has 0 aliphatic heterocycles. The molecule has 4 rings (SSSR count). The summed E-state index contributed by atoms with van der Waals surface area (Å²) in [6.45, 7) is 2.00. The van der Waals surface area contributed by atoms with Gasteiger partial charge in [0.05, 0.1) is 35.2 Å². The summed E-state index contributed by atoms with van der Waals surface area (Å²) in [4.78, 5) is 21.4. The van der Waals surface area contributed by atoms with E-state index < -0.39 is 0 Å². The molecule has 0 unspecified atom stereocenters. The summed E-state index contributed by atoms with van der Waals surface area (Å²) < 4.78 is 15.7. The summed E-state index contributed by atoms with van der Waals surface area (Å²) in [5.41, 5.74) is 2.70. The molecule has 3 heterocycles. The molecule has 0 bridgehead atoms. The highest BCUT2D eigenvalue weighted by molar-refractivity contribution is 9.10. The number of aromatic nitrogens is 4. The van der Waals surface area contributed by atoms with E-state index in [1.54, 1.807) is 41.6 Å². The fraction of sp³-hybridized carbons (Fsp3) is 0.143. The Hall–Kier alpha value is -3.13. The summed E-state index contributed by atoms with van der Waals surface area (Å²) in [5, 5.41) is 8.08. The first-order chi connectivity index (χ1) is 14.1. The molecule has 4 aromatic rings. The largest absolute Gasteiger partial charge is 0.345 e. The number of pyridine rings is 2. The van der Waals surface area contributed by atoms with Crippen molar-refractivity contribution < 1.29 is 9.18 Å². The third-order valence-corrected chi connectivity index (χ3v) is 5.09. The second-order valence-corrected chi connectivity index (χ2v) is 7.44. The van der Waals surface area contributed by atoms with Gasteiger partial charge in [-0.15, -0.1) is 0 Å². The smallest absolute Gasteiger partial charge is 0.254 e. The van der Waals surface area contributed by atoms with E-state index in [1.807, 2.05) is 13.0 Å². The highest BCUT2D eigenvalue weighted by Crippen LogP contribution is 2.23. The molecule has 1 N–H and O–H groups in total. The van der Waals surface area contributed by atoms with Crippen molar-refractivity contribution in [1.82, 2.24) is 25.1 Å².